The number of aryl methyl sites for hydroxylation is 1. The van der Waals surface area contributed by atoms with Crippen molar-refractivity contribution in [3.63, 3.8) is 0 Å². The number of amidine groups is 1. The van der Waals surface area contributed by atoms with Crippen molar-refractivity contribution >= 4 is 16.0 Å². The van der Waals surface area contributed by atoms with Crippen LogP contribution in [0.5, 0.6) is 0 Å². The summed E-state index contributed by atoms with van der Waals surface area (Å²) in [5.74, 6) is 0.342. The van der Waals surface area contributed by atoms with Crippen molar-refractivity contribution in [1.29, 1.82) is 0 Å². The number of benzene rings is 2. The van der Waals surface area contributed by atoms with Crippen molar-refractivity contribution in [2.45, 2.75) is 37.3 Å². The van der Waals surface area contributed by atoms with Crippen LogP contribution in [0, 0.1) is 12.8 Å². The molecule has 1 fully saturated rings. The van der Waals surface area contributed by atoms with Gasteiger partial charge in [0.05, 0.1) is 4.90 Å². The summed E-state index contributed by atoms with van der Waals surface area (Å²) in [6, 6.07) is 16.9. The predicted octanol–water partition coefficient (Wildman–Crippen LogP) is 3.91. The standard InChI is InChI=1S/C22H24N2O3S/c1-17-11-13-20(14-12-17)28(25,26)23-22-24(15-18-7-3-2-4-8-18)16-19-9-5-6-10-21(19)27-22/h2-4,6-8,10-14,19,21H,5,9,15-16H2,1H3/b23-22-/t19-,21-/m0/s1. The van der Waals surface area contributed by atoms with Gasteiger partial charge in [0.1, 0.15) is 6.10 Å². The predicted molar refractivity (Wildman–Crippen MR) is 109 cm³/mol. The maximum atomic E-state index is 12.9. The van der Waals surface area contributed by atoms with Crippen LogP contribution < -0.4 is 0 Å². The molecule has 1 heterocycles. The number of hydrogen-bond donors (Lipinski definition) is 0. The highest BCUT2D eigenvalue weighted by molar-refractivity contribution is 7.90. The fraction of sp³-hybridized carbons (Fsp3) is 0.318. The molecule has 2 aromatic carbocycles. The zero-order chi connectivity index (χ0) is 19.6. The van der Waals surface area contributed by atoms with Crippen LogP contribution in [-0.4, -0.2) is 32.0 Å². The molecule has 0 saturated carbocycles. The van der Waals surface area contributed by atoms with Crippen LogP contribution in [0.1, 0.15) is 24.0 Å². The third-order valence-electron chi connectivity index (χ3n) is 5.19. The van der Waals surface area contributed by atoms with Crippen molar-refractivity contribution in [2.75, 3.05) is 6.54 Å². The number of sulfonamides is 1. The Balaban J connectivity index is 1.67. The minimum absolute atomic E-state index is 0.118. The molecule has 2 aromatic rings. The van der Waals surface area contributed by atoms with Gasteiger partial charge in [0.25, 0.3) is 10.0 Å². The smallest absolute Gasteiger partial charge is 0.304 e. The first-order valence-corrected chi connectivity index (χ1v) is 11.0. The Morgan fingerprint density at radius 3 is 2.61 bits per heavy atom. The summed E-state index contributed by atoms with van der Waals surface area (Å²) in [5.41, 5.74) is 2.10. The highest BCUT2D eigenvalue weighted by atomic mass is 32.2. The van der Waals surface area contributed by atoms with E-state index in [1.807, 2.05) is 48.2 Å². The lowest BCUT2D eigenvalue weighted by molar-refractivity contribution is 0.0592. The molecule has 1 aliphatic carbocycles. The second-order valence-electron chi connectivity index (χ2n) is 7.38. The van der Waals surface area contributed by atoms with Crippen LogP contribution in [0.3, 0.4) is 0 Å². The zero-order valence-electron chi connectivity index (χ0n) is 15.9. The van der Waals surface area contributed by atoms with E-state index < -0.39 is 10.0 Å². The molecule has 28 heavy (non-hydrogen) atoms. The Bertz CT molecular complexity index is 982. The summed E-state index contributed by atoms with van der Waals surface area (Å²) in [6.07, 6.45) is 6.07. The second-order valence-corrected chi connectivity index (χ2v) is 8.98. The fourth-order valence-corrected chi connectivity index (χ4v) is 4.58. The van der Waals surface area contributed by atoms with Gasteiger partial charge in [-0.05, 0) is 43.5 Å². The van der Waals surface area contributed by atoms with Crippen molar-refractivity contribution in [3.8, 4) is 0 Å². The molecule has 0 bridgehead atoms. The van der Waals surface area contributed by atoms with Gasteiger partial charge < -0.3 is 9.64 Å². The third kappa shape index (κ3) is 4.12. The van der Waals surface area contributed by atoms with Crippen molar-refractivity contribution in [3.05, 3.63) is 77.9 Å². The Labute approximate surface area is 166 Å². The van der Waals surface area contributed by atoms with E-state index in [0.717, 1.165) is 30.5 Å². The lowest BCUT2D eigenvalue weighted by atomic mass is 9.90. The molecule has 6 heteroatoms. The Morgan fingerprint density at radius 1 is 1.11 bits per heavy atom. The lowest BCUT2D eigenvalue weighted by Crippen LogP contribution is -2.48. The normalized spacial score (nSPS) is 23.3. The quantitative estimate of drug-likeness (QED) is 0.736. The maximum Gasteiger partial charge on any atom is 0.304 e. The SMILES string of the molecule is Cc1ccc(S(=O)(=O)/N=C2\O[C@H]3C=CCC[C@H]3CN2Cc2ccccc2)cc1. The van der Waals surface area contributed by atoms with Gasteiger partial charge in [0.2, 0.25) is 0 Å². The van der Waals surface area contributed by atoms with E-state index in [1.165, 1.54) is 0 Å². The molecule has 0 spiro atoms. The first-order valence-electron chi connectivity index (χ1n) is 9.55. The second kappa shape index (κ2) is 7.80. The molecule has 2 aliphatic rings. The molecule has 1 aliphatic heterocycles. The van der Waals surface area contributed by atoms with Crippen molar-refractivity contribution in [1.82, 2.24) is 4.90 Å². The fourth-order valence-electron chi connectivity index (χ4n) is 3.63. The first kappa shape index (κ1) is 18.7. The molecule has 1 saturated heterocycles. The molecule has 0 radical (unpaired) electrons. The van der Waals surface area contributed by atoms with Gasteiger partial charge in [0, 0.05) is 19.0 Å². The molecule has 0 unspecified atom stereocenters. The average Bonchev–Trinajstić information content (AvgIpc) is 2.69. The highest BCUT2D eigenvalue weighted by Crippen LogP contribution is 2.29. The molecule has 5 nitrogen and oxygen atoms in total. The number of hydrogen-bond acceptors (Lipinski definition) is 3. The summed E-state index contributed by atoms with van der Waals surface area (Å²) in [7, 11) is -3.84. The molecule has 0 N–H and O–H groups in total. The number of ether oxygens (including phenoxy) is 1. The Kier molecular flexibility index (Phi) is 5.22. The largest absolute Gasteiger partial charge is 0.456 e. The third-order valence-corrected chi connectivity index (χ3v) is 6.46. The van der Waals surface area contributed by atoms with Crippen LogP contribution >= 0.6 is 0 Å². The average molecular weight is 397 g/mol. The number of nitrogens with zero attached hydrogens (tertiary/aromatic N) is 2. The molecule has 0 aromatic heterocycles. The minimum Gasteiger partial charge on any atom is -0.456 e. The summed E-state index contributed by atoms with van der Waals surface area (Å²) in [4.78, 5) is 2.12. The monoisotopic (exact) mass is 396 g/mol. The van der Waals surface area contributed by atoms with E-state index in [4.69, 9.17) is 4.74 Å². The van der Waals surface area contributed by atoms with E-state index >= 15 is 0 Å². The number of allylic oxidation sites excluding steroid dienone is 1. The van der Waals surface area contributed by atoms with Crippen LogP contribution in [0.2, 0.25) is 0 Å². The molecular weight excluding hydrogens is 372 g/mol. The number of rotatable bonds is 4. The van der Waals surface area contributed by atoms with Gasteiger partial charge in [-0.3, -0.25) is 0 Å². The van der Waals surface area contributed by atoms with E-state index in [1.54, 1.807) is 24.3 Å². The molecule has 4 rings (SSSR count). The topological polar surface area (TPSA) is 59.0 Å². The summed E-state index contributed by atoms with van der Waals surface area (Å²) >= 11 is 0. The lowest BCUT2D eigenvalue weighted by Gasteiger charge is -2.40. The van der Waals surface area contributed by atoms with Crippen LogP contribution in [-0.2, 0) is 21.3 Å². The van der Waals surface area contributed by atoms with Crippen molar-refractivity contribution < 1.29 is 13.2 Å². The number of fused-ring (bicyclic) bond motifs is 1. The maximum absolute atomic E-state index is 12.9. The molecule has 2 atom stereocenters. The van der Waals surface area contributed by atoms with Gasteiger partial charge >= 0.3 is 6.02 Å². The van der Waals surface area contributed by atoms with Gasteiger partial charge in [0.15, 0.2) is 0 Å². The van der Waals surface area contributed by atoms with Gasteiger partial charge in [-0.1, -0.05) is 54.1 Å². The summed E-state index contributed by atoms with van der Waals surface area (Å²) < 4.78 is 35.9. The Morgan fingerprint density at radius 2 is 1.86 bits per heavy atom. The van der Waals surface area contributed by atoms with E-state index in [0.29, 0.717) is 12.5 Å². The van der Waals surface area contributed by atoms with E-state index in [9.17, 15) is 8.42 Å². The zero-order valence-corrected chi connectivity index (χ0v) is 16.7. The Hall–Kier alpha value is -2.60. The van der Waals surface area contributed by atoms with Crippen molar-refractivity contribution in [2.24, 2.45) is 10.3 Å². The van der Waals surface area contributed by atoms with Gasteiger partial charge in [-0.2, -0.15) is 8.42 Å². The van der Waals surface area contributed by atoms with Gasteiger partial charge in [-0.15, -0.1) is 4.40 Å². The first-order chi connectivity index (χ1) is 13.5. The summed E-state index contributed by atoms with van der Waals surface area (Å²) in [5, 5.41) is 0. The highest BCUT2D eigenvalue weighted by Gasteiger charge is 2.35. The van der Waals surface area contributed by atoms with E-state index in [-0.39, 0.29) is 17.0 Å². The van der Waals surface area contributed by atoms with Crippen LogP contribution in [0.4, 0.5) is 0 Å². The molecular formula is C22H24N2O3S. The molecule has 0 amide bonds. The van der Waals surface area contributed by atoms with Crippen LogP contribution in [0.15, 0.2) is 76.0 Å². The van der Waals surface area contributed by atoms with Gasteiger partial charge in [-0.25, -0.2) is 0 Å². The minimum atomic E-state index is -3.84. The van der Waals surface area contributed by atoms with E-state index in [2.05, 4.69) is 10.5 Å². The van der Waals surface area contributed by atoms with Crippen LogP contribution in [0.25, 0.3) is 0 Å². The molecule has 146 valence electrons. The summed E-state index contributed by atoms with van der Waals surface area (Å²) in [6.45, 7) is 3.21.